The van der Waals surface area contributed by atoms with Gasteiger partial charge in [0, 0.05) is 1.37 Å². The molecule has 0 heterocycles. The van der Waals surface area contributed by atoms with E-state index in [1.165, 1.54) is 0 Å². The Morgan fingerprint density at radius 2 is 2.00 bits per heavy atom. The second kappa shape index (κ2) is 3.21. The van der Waals surface area contributed by atoms with Crippen LogP contribution in [0.3, 0.4) is 0 Å². The van der Waals surface area contributed by atoms with Gasteiger partial charge >= 0.3 is 0 Å². The van der Waals surface area contributed by atoms with Crippen molar-refractivity contribution in [3.63, 3.8) is 0 Å². The molecule has 1 nitrogen and oxygen atoms in total. The van der Waals surface area contributed by atoms with Gasteiger partial charge in [0.1, 0.15) is 0 Å². The third kappa shape index (κ3) is 4.46. The molecule has 0 rings (SSSR count). The first-order chi connectivity index (χ1) is 4.41. The molecule has 2 N–H and O–H groups in total. The maximum absolute atomic E-state index is 7.75. The summed E-state index contributed by atoms with van der Waals surface area (Å²) in [5.41, 5.74) is 5.49. The first kappa shape index (κ1) is 7.07. The predicted molar refractivity (Wildman–Crippen MR) is 42.3 cm³/mol. The van der Waals surface area contributed by atoms with E-state index in [1.807, 2.05) is 13.8 Å². The second-order valence-corrected chi connectivity index (χ2v) is 3.60. The molecule has 0 aromatic heterocycles. The Morgan fingerprint density at radius 1 is 1.56 bits per heavy atom. The summed E-state index contributed by atoms with van der Waals surface area (Å²) in [5, 5.41) is 0. The summed E-state index contributed by atoms with van der Waals surface area (Å²) in [4.78, 5) is 0. The van der Waals surface area contributed by atoms with E-state index in [1.54, 1.807) is 0 Å². The molecule has 0 aliphatic heterocycles. The highest BCUT2D eigenvalue weighted by atomic mass is 14.6. The smallest absolute Gasteiger partial charge is 0.0275 e. The highest BCUT2D eigenvalue weighted by molar-refractivity contribution is 4.70. The Morgan fingerprint density at radius 3 is 2.11 bits per heavy atom. The molecule has 0 aromatic carbocycles. The molecular formula is C8H19N. The van der Waals surface area contributed by atoms with E-state index in [0.717, 1.165) is 0 Å². The average Bonchev–Trinajstić information content (AvgIpc) is 1.86. The zero-order valence-corrected chi connectivity index (χ0v) is 6.94. The van der Waals surface area contributed by atoms with E-state index in [2.05, 4.69) is 13.8 Å². The summed E-state index contributed by atoms with van der Waals surface area (Å²) in [6.07, 6.45) is -0.0440. The van der Waals surface area contributed by atoms with E-state index in [-0.39, 0.29) is 11.8 Å². The molecular weight excluding hydrogens is 110 g/mol. The summed E-state index contributed by atoms with van der Waals surface area (Å²) in [5.74, 6) is 0.401. The minimum Gasteiger partial charge on any atom is -0.330 e. The highest BCUT2D eigenvalue weighted by Gasteiger charge is 2.16. The molecule has 0 bridgehead atoms. The van der Waals surface area contributed by atoms with Crippen LogP contribution < -0.4 is 5.73 Å². The van der Waals surface area contributed by atoms with Gasteiger partial charge in [0.05, 0.1) is 0 Å². The highest BCUT2D eigenvalue weighted by Crippen LogP contribution is 2.22. The van der Waals surface area contributed by atoms with Crippen LogP contribution in [0.1, 0.15) is 35.5 Å². The number of rotatable bonds is 3. The predicted octanol–water partition coefficient (Wildman–Crippen LogP) is 2.02. The minimum atomic E-state index is -0.0440. The van der Waals surface area contributed by atoms with Crippen LogP contribution >= 0.6 is 0 Å². The van der Waals surface area contributed by atoms with Crippen LogP contribution in [-0.2, 0) is 0 Å². The van der Waals surface area contributed by atoms with Crippen molar-refractivity contribution < 1.29 is 1.37 Å². The molecule has 0 aliphatic carbocycles. The second-order valence-electron chi connectivity index (χ2n) is 3.60. The molecule has 1 heteroatoms. The SMILES string of the molecule is [2H]C(C(C)C)C(C)(C)CN. The van der Waals surface area contributed by atoms with Crippen LogP contribution in [0, 0.1) is 11.3 Å². The molecule has 9 heavy (non-hydrogen) atoms. The van der Waals surface area contributed by atoms with Crippen LogP contribution in [0.2, 0.25) is 0 Å². The zero-order valence-electron chi connectivity index (χ0n) is 7.94. The van der Waals surface area contributed by atoms with Gasteiger partial charge in [-0.2, -0.15) is 0 Å². The van der Waals surface area contributed by atoms with E-state index in [9.17, 15) is 0 Å². The Hall–Kier alpha value is -0.0400. The lowest BCUT2D eigenvalue weighted by Gasteiger charge is -2.24. The van der Waals surface area contributed by atoms with E-state index in [0.29, 0.717) is 12.5 Å². The Bertz CT molecular complexity index is 99.4. The molecule has 0 fully saturated rings. The maximum Gasteiger partial charge on any atom is 0.0275 e. The lowest BCUT2D eigenvalue weighted by atomic mass is 9.84. The van der Waals surface area contributed by atoms with Crippen LogP contribution in [0.5, 0.6) is 0 Å². The summed E-state index contributed by atoms with van der Waals surface area (Å²) >= 11 is 0. The monoisotopic (exact) mass is 130 g/mol. The molecule has 0 saturated heterocycles. The van der Waals surface area contributed by atoms with Gasteiger partial charge in [-0.1, -0.05) is 27.7 Å². The summed E-state index contributed by atoms with van der Waals surface area (Å²) in [6.45, 7) is 8.82. The Kier molecular flexibility index (Phi) is 2.52. The molecule has 1 atom stereocenters. The number of hydrogen-bond acceptors (Lipinski definition) is 1. The van der Waals surface area contributed by atoms with Gasteiger partial charge in [0.15, 0.2) is 0 Å². The molecule has 0 saturated carbocycles. The minimum absolute atomic E-state index is 0.0336. The fourth-order valence-corrected chi connectivity index (χ4v) is 0.970. The lowest BCUT2D eigenvalue weighted by Crippen LogP contribution is -2.24. The van der Waals surface area contributed by atoms with Crippen molar-refractivity contribution in [3.05, 3.63) is 0 Å². The van der Waals surface area contributed by atoms with E-state index >= 15 is 0 Å². The van der Waals surface area contributed by atoms with Crippen molar-refractivity contribution in [2.24, 2.45) is 17.1 Å². The summed E-state index contributed by atoms with van der Waals surface area (Å²) in [7, 11) is 0. The van der Waals surface area contributed by atoms with Crippen molar-refractivity contribution in [3.8, 4) is 0 Å². The Labute approximate surface area is 60.0 Å². The fourth-order valence-electron chi connectivity index (χ4n) is 0.970. The van der Waals surface area contributed by atoms with Gasteiger partial charge in [-0.15, -0.1) is 0 Å². The first-order valence-corrected chi connectivity index (χ1v) is 3.54. The molecule has 0 radical (unpaired) electrons. The molecule has 0 aliphatic rings. The van der Waals surface area contributed by atoms with Gasteiger partial charge < -0.3 is 5.73 Å². The maximum atomic E-state index is 7.75. The number of nitrogens with two attached hydrogens (primary N) is 1. The third-order valence-electron chi connectivity index (χ3n) is 1.31. The molecule has 0 amide bonds. The number of hydrogen-bond donors (Lipinski definition) is 1. The molecule has 56 valence electrons. The summed E-state index contributed by atoms with van der Waals surface area (Å²) in [6, 6.07) is 0. The summed E-state index contributed by atoms with van der Waals surface area (Å²) < 4.78 is 7.75. The average molecular weight is 130 g/mol. The molecule has 1 unspecified atom stereocenters. The fraction of sp³-hybridized carbons (Fsp3) is 1.00. The lowest BCUT2D eigenvalue weighted by molar-refractivity contribution is 0.298. The standard InChI is InChI=1S/C8H19N/c1-7(2)5-8(3,4)6-9/h7H,5-6,9H2,1-4H3/i5D. The van der Waals surface area contributed by atoms with Crippen LogP contribution in [0.4, 0.5) is 0 Å². The normalized spacial score (nSPS) is 17.8. The van der Waals surface area contributed by atoms with Crippen molar-refractivity contribution in [1.29, 1.82) is 0 Å². The third-order valence-corrected chi connectivity index (χ3v) is 1.31. The zero-order chi connectivity index (χ0) is 8.36. The van der Waals surface area contributed by atoms with Crippen molar-refractivity contribution in [1.82, 2.24) is 0 Å². The Balaban J connectivity index is 4.03. The quantitative estimate of drug-likeness (QED) is 0.621. The van der Waals surface area contributed by atoms with E-state index < -0.39 is 0 Å². The van der Waals surface area contributed by atoms with Gasteiger partial charge in [-0.25, -0.2) is 0 Å². The molecule has 0 spiro atoms. The largest absolute Gasteiger partial charge is 0.330 e. The van der Waals surface area contributed by atoms with Gasteiger partial charge in [0.2, 0.25) is 0 Å². The molecule has 0 aromatic rings. The van der Waals surface area contributed by atoms with Crippen LogP contribution in [0.15, 0.2) is 0 Å². The van der Waals surface area contributed by atoms with E-state index in [4.69, 9.17) is 7.10 Å². The van der Waals surface area contributed by atoms with Crippen molar-refractivity contribution in [2.75, 3.05) is 6.54 Å². The first-order valence-electron chi connectivity index (χ1n) is 4.12. The van der Waals surface area contributed by atoms with Crippen molar-refractivity contribution in [2.45, 2.75) is 34.1 Å². The van der Waals surface area contributed by atoms with Gasteiger partial charge in [0.25, 0.3) is 0 Å². The van der Waals surface area contributed by atoms with Gasteiger partial charge in [-0.05, 0) is 24.3 Å². The van der Waals surface area contributed by atoms with Crippen LogP contribution in [0.25, 0.3) is 0 Å². The van der Waals surface area contributed by atoms with Crippen molar-refractivity contribution >= 4 is 0 Å². The van der Waals surface area contributed by atoms with Gasteiger partial charge in [-0.3, -0.25) is 0 Å². The van der Waals surface area contributed by atoms with Crippen LogP contribution in [-0.4, -0.2) is 6.54 Å². The topological polar surface area (TPSA) is 26.0 Å².